The number of hydrogen-bond donors (Lipinski definition) is 1. The van der Waals surface area contributed by atoms with Crippen LogP contribution in [-0.2, 0) is 6.54 Å². The molecule has 0 unspecified atom stereocenters. The average Bonchev–Trinajstić information content (AvgIpc) is 2.22. The maximum atomic E-state index is 12.7. The third-order valence-corrected chi connectivity index (χ3v) is 2.80. The lowest BCUT2D eigenvalue weighted by Gasteiger charge is -2.29. The topological polar surface area (TPSA) is 23.5 Å². The second kappa shape index (κ2) is 4.73. The van der Waals surface area contributed by atoms with Crippen LogP contribution in [-0.4, -0.2) is 29.2 Å². The molecule has 82 valence electrons. The summed E-state index contributed by atoms with van der Waals surface area (Å²) in [5, 5.41) is 9.50. The monoisotopic (exact) mass is 209 g/mol. The van der Waals surface area contributed by atoms with Crippen LogP contribution < -0.4 is 0 Å². The Morgan fingerprint density at radius 1 is 1.33 bits per heavy atom. The third-order valence-electron chi connectivity index (χ3n) is 2.80. The fourth-order valence-corrected chi connectivity index (χ4v) is 2.02. The summed E-state index contributed by atoms with van der Waals surface area (Å²) in [7, 11) is 0. The minimum atomic E-state index is -0.197. The van der Waals surface area contributed by atoms with Gasteiger partial charge in [-0.25, -0.2) is 4.39 Å². The summed E-state index contributed by atoms with van der Waals surface area (Å²) in [6.07, 6.45) is 1.75. The summed E-state index contributed by atoms with van der Waals surface area (Å²) >= 11 is 0. The highest BCUT2D eigenvalue weighted by Crippen LogP contribution is 2.13. The zero-order valence-electron chi connectivity index (χ0n) is 8.69. The Labute approximate surface area is 89.3 Å². The maximum absolute atomic E-state index is 12.7. The van der Waals surface area contributed by atoms with Crippen LogP contribution in [0.2, 0.25) is 0 Å². The highest BCUT2D eigenvalue weighted by Gasteiger charge is 2.17. The van der Waals surface area contributed by atoms with E-state index in [4.69, 9.17) is 0 Å². The predicted octanol–water partition coefficient (Wildman–Crippen LogP) is 1.78. The smallest absolute Gasteiger partial charge is 0.123 e. The van der Waals surface area contributed by atoms with E-state index in [-0.39, 0.29) is 11.9 Å². The van der Waals surface area contributed by atoms with E-state index in [0.29, 0.717) is 0 Å². The van der Waals surface area contributed by atoms with Crippen molar-refractivity contribution >= 4 is 0 Å². The van der Waals surface area contributed by atoms with E-state index in [2.05, 4.69) is 4.90 Å². The van der Waals surface area contributed by atoms with Gasteiger partial charge >= 0.3 is 0 Å². The molecule has 1 saturated heterocycles. The minimum absolute atomic E-state index is 0.195. The summed E-state index contributed by atoms with van der Waals surface area (Å²) in [6, 6.07) is 6.57. The molecule has 0 aliphatic carbocycles. The Kier molecular flexibility index (Phi) is 3.34. The van der Waals surface area contributed by atoms with Crippen molar-refractivity contribution < 1.29 is 9.50 Å². The molecule has 0 saturated carbocycles. The van der Waals surface area contributed by atoms with Crippen LogP contribution in [0.4, 0.5) is 4.39 Å². The summed E-state index contributed by atoms with van der Waals surface area (Å²) in [5.41, 5.74) is 1.10. The molecule has 0 radical (unpaired) electrons. The number of aliphatic hydroxyl groups excluding tert-OH is 1. The van der Waals surface area contributed by atoms with Gasteiger partial charge in [0.2, 0.25) is 0 Å². The van der Waals surface area contributed by atoms with Crippen molar-refractivity contribution in [3.8, 4) is 0 Å². The highest BCUT2D eigenvalue weighted by atomic mass is 19.1. The highest BCUT2D eigenvalue weighted by molar-refractivity contribution is 5.15. The fraction of sp³-hybridized carbons (Fsp3) is 0.500. The van der Waals surface area contributed by atoms with Crippen LogP contribution in [0.25, 0.3) is 0 Å². The molecule has 2 rings (SSSR count). The van der Waals surface area contributed by atoms with Gasteiger partial charge in [-0.3, -0.25) is 4.90 Å². The number of halogens is 1. The molecule has 1 aromatic carbocycles. The minimum Gasteiger partial charge on any atom is -0.392 e. The Morgan fingerprint density at radius 3 is 2.73 bits per heavy atom. The molecule has 3 heteroatoms. The summed E-state index contributed by atoms with van der Waals surface area (Å²) in [5.74, 6) is -0.197. The van der Waals surface area contributed by atoms with Crippen LogP contribution >= 0.6 is 0 Å². The Hall–Kier alpha value is -0.930. The van der Waals surface area contributed by atoms with Crippen molar-refractivity contribution in [1.29, 1.82) is 0 Å². The molecular weight excluding hydrogens is 193 g/mol. The van der Waals surface area contributed by atoms with Gasteiger partial charge in [0.05, 0.1) is 6.10 Å². The van der Waals surface area contributed by atoms with Crippen LogP contribution in [0.15, 0.2) is 24.3 Å². The first-order valence-electron chi connectivity index (χ1n) is 5.39. The van der Waals surface area contributed by atoms with Gasteiger partial charge in [-0.15, -0.1) is 0 Å². The van der Waals surface area contributed by atoms with Gasteiger partial charge < -0.3 is 5.11 Å². The number of likely N-dealkylation sites (tertiary alicyclic amines) is 1. The Bertz CT molecular complexity index is 312. The molecule has 2 nitrogen and oxygen atoms in total. The van der Waals surface area contributed by atoms with Crippen LogP contribution in [0.3, 0.4) is 0 Å². The SMILES string of the molecule is O[C@@H]1CCCN(Cc2ccc(F)cc2)C1. The number of aliphatic hydroxyl groups is 1. The van der Waals surface area contributed by atoms with E-state index in [1.54, 1.807) is 12.1 Å². The van der Waals surface area contributed by atoms with E-state index in [0.717, 1.165) is 38.0 Å². The summed E-state index contributed by atoms with van der Waals surface area (Å²) in [6.45, 7) is 2.56. The number of rotatable bonds is 2. The molecule has 0 amide bonds. The zero-order chi connectivity index (χ0) is 10.7. The molecule has 1 fully saturated rings. The van der Waals surface area contributed by atoms with Crippen LogP contribution in [0, 0.1) is 5.82 Å². The molecule has 15 heavy (non-hydrogen) atoms. The first-order valence-corrected chi connectivity index (χ1v) is 5.39. The molecule has 1 N–H and O–H groups in total. The average molecular weight is 209 g/mol. The lowest BCUT2D eigenvalue weighted by atomic mass is 10.1. The van der Waals surface area contributed by atoms with Gasteiger partial charge in [0, 0.05) is 13.1 Å². The third kappa shape index (κ3) is 3.01. The normalized spacial score (nSPS) is 22.9. The largest absolute Gasteiger partial charge is 0.392 e. The Balaban J connectivity index is 1.93. The molecule has 0 bridgehead atoms. The van der Waals surface area contributed by atoms with Crippen molar-refractivity contribution in [3.63, 3.8) is 0 Å². The number of hydrogen-bond acceptors (Lipinski definition) is 2. The van der Waals surface area contributed by atoms with Gasteiger partial charge in [-0.1, -0.05) is 12.1 Å². The first-order chi connectivity index (χ1) is 7.24. The van der Waals surface area contributed by atoms with E-state index < -0.39 is 0 Å². The zero-order valence-corrected chi connectivity index (χ0v) is 8.69. The van der Waals surface area contributed by atoms with Gasteiger partial charge in [0.25, 0.3) is 0 Å². The van der Waals surface area contributed by atoms with Gasteiger partial charge in [0.1, 0.15) is 5.82 Å². The molecule has 0 spiro atoms. The van der Waals surface area contributed by atoms with Gasteiger partial charge in [-0.2, -0.15) is 0 Å². The lowest BCUT2D eigenvalue weighted by Crippen LogP contribution is -2.37. The molecule has 1 aliphatic heterocycles. The standard InChI is InChI=1S/C12H16FNO/c13-11-5-3-10(4-6-11)8-14-7-1-2-12(15)9-14/h3-6,12,15H,1-2,7-9H2/t12-/m1/s1. The number of nitrogens with zero attached hydrogens (tertiary/aromatic N) is 1. The number of piperidine rings is 1. The van der Waals surface area contributed by atoms with Crippen molar-refractivity contribution in [2.75, 3.05) is 13.1 Å². The number of β-amino-alcohol motifs (C(OH)–C–C–N with tert-alkyl or cyclic N) is 1. The molecule has 1 aromatic rings. The lowest BCUT2D eigenvalue weighted by molar-refractivity contribution is 0.0668. The van der Waals surface area contributed by atoms with Crippen LogP contribution in [0.1, 0.15) is 18.4 Å². The Morgan fingerprint density at radius 2 is 2.07 bits per heavy atom. The quantitative estimate of drug-likeness (QED) is 0.802. The van der Waals surface area contributed by atoms with Gasteiger partial charge in [-0.05, 0) is 37.1 Å². The van der Waals surface area contributed by atoms with E-state index in [1.165, 1.54) is 12.1 Å². The maximum Gasteiger partial charge on any atom is 0.123 e. The molecule has 0 aromatic heterocycles. The van der Waals surface area contributed by atoms with Crippen molar-refractivity contribution in [1.82, 2.24) is 4.90 Å². The number of benzene rings is 1. The molecule has 1 heterocycles. The molecule has 1 atom stereocenters. The van der Waals surface area contributed by atoms with E-state index in [9.17, 15) is 9.50 Å². The summed E-state index contributed by atoms with van der Waals surface area (Å²) in [4.78, 5) is 2.21. The van der Waals surface area contributed by atoms with Gasteiger partial charge in [0.15, 0.2) is 0 Å². The van der Waals surface area contributed by atoms with Crippen LogP contribution in [0.5, 0.6) is 0 Å². The molecular formula is C12H16FNO. The van der Waals surface area contributed by atoms with Crippen molar-refractivity contribution in [2.24, 2.45) is 0 Å². The van der Waals surface area contributed by atoms with E-state index in [1.807, 2.05) is 0 Å². The second-order valence-corrected chi connectivity index (χ2v) is 4.16. The fourth-order valence-electron chi connectivity index (χ4n) is 2.02. The van der Waals surface area contributed by atoms with Crippen molar-refractivity contribution in [3.05, 3.63) is 35.6 Å². The van der Waals surface area contributed by atoms with Crippen molar-refractivity contribution in [2.45, 2.75) is 25.5 Å². The predicted molar refractivity (Wildman–Crippen MR) is 56.9 cm³/mol. The summed E-state index contributed by atoms with van der Waals surface area (Å²) < 4.78 is 12.7. The second-order valence-electron chi connectivity index (χ2n) is 4.16. The first kappa shape index (κ1) is 10.6. The molecule has 1 aliphatic rings. The van der Waals surface area contributed by atoms with E-state index >= 15 is 0 Å².